The van der Waals surface area contributed by atoms with Gasteiger partial charge in [-0.1, -0.05) is 26.7 Å². The van der Waals surface area contributed by atoms with E-state index in [1.165, 1.54) is 25.3 Å². The molecule has 0 aliphatic carbocycles. The van der Waals surface area contributed by atoms with Crippen molar-refractivity contribution in [3.63, 3.8) is 0 Å². The van der Waals surface area contributed by atoms with E-state index >= 15 is 0 Å². The maximum Gasteiger partial charge on any atom is 0.338 e. The van der Waals surface area contributed by atoms with Gasteiger partial charge in [0.1, 0.15) is 6.61 Å². The number of phenolic OH excluding ortho intramolecular Hbond substituents is 1. The van der Waals surface area contributed by atoms with Crippen LogP contribution in [0, 0.1) is 0 Å². The predicted octanol–water partition coefficient (Wildman–Crippen LogP) is 3.46. The lowest BCUT2D eigenvalue weighted by atomic mass is 10.2. The Morgan fingerprint density at radius 3 is 2.35 bits per heavy atom. The number of hydrogen-bond donors (Lipinski definition) is 1. The Labute approximate surface area is 139 Å². The molecule has 0 amide bonds. The second kappa shape index (κ2) is 10.9. The molecule has 0 aromatic heterocycles. The first kappa shape index (κ1) is 19.3. The summed E-state index contributed by atoms with van der Waals surface area (Å²) in [6.07, 6.45) is 4.64. The lowest BCUT2D eigenvalue weighted by Gasteiger charge is -2.21. The summed E-state index contributed by atoms with van der Waals surface area (Å²) in [6.45, 7) is 7.56. The zero-order valence-electron chi connectivity index (χ0n) is 14.5. The van der Waals surface area contributed by atoms with Gasteiger partial charge in [-0.25, -0.2) is 4.79 Å². The highest BCUT2D eigenvalue weighted by atomic mass is 16.5. The molecule has 1 rings (SSSR count). The second-order valence-electron chi connectivity index (χ2n) is 5.57. The number of rotatable bonds is 11. The van der Waals surface area contributed by atoms with Crippen molar-refractivity contribution in [2.24, 2.45) is 0 Å². The average Bonchev–Trinajstić information content (AvgIpc) is 2.57. The summed E-state index contributed by atoms with van der Waals surface area (Å²) in [5.74, 6) is -0.115. The number of phenols is 1. The number of esters is 1. The minimum absolute atomic E-state index is 0.00866. The number of hydrogen-bond acceptors (Lipinski definition) is 5. The summed E-state index contributed by atoms with van der Waals surface area (Å²) < 4.78 is 10.3. The first-order chi connectivity index (χ1) is 11.1. The molecule has 0 heterocycles. The largest absolute Gasteiger partial charge is 0.504 e. The molecule has 0 unspecified atom stereocenters. The van der Waals surface area contributed by atoms with Gasteiger partial charge < -0.3 is 14.6 Å². The molecule has 0 bridgehead atoms. The highest BCUT2D eigenvalue weighted by molar-refractivity contribution is 5.90. The summed E-state index contributed by atoms with van der Waals surface area (Å²) in [7, 11) is 1.45. The molecule has 23 heavy (non-hydrogen) atoms. The highest BCUT2D eigenvalue weighted by Gasteiger charge is 2.12. The number of ether oxygens (including phenoxy) is 2. The summed E-state index contributed by atoms with van der Waals surface area (Å²) in [5, 5.41) is 9.55. The standard InChI is InChI=1S/C18H29NO4/c1-4-6-10-19(11-7-5-2)12-13-23-18(21)15-8-9-16(20)17(14-15)22-3/h8-9,14,20H,4-7,10-13H2,1-3H3. The molecule has 0 fully saturated rings. The van der Waals surface area contributed by atoms with Gasteiger partial charge in [0.05, 0.1) is 12.7 Å². The third kappa shape index (κ3) is 6.91. The first-order valence-corrected chi connectivity index (χ1v) is 8.38. The number of carbonyl (C=O) groups excluding carboxylic acids is 1. The number of methoxy groups -OCH3 is 1. The molecule has 0 spiro atoms. The van der Waals surface area contributed by atoms with E-state index in [1.807, 2.05) is 0 Å². The minimum atomic E-state index is -0.394. The molecule has 1 aromatic carbocycles. The van der Waals surface area contributed by atoms with E-state index in [1.54, 1.807) is 0 Å². The van der Waals surface area contributed by atoms with Crippen LogP contribution in [0.5, 0.6) is 11.5 Å². The van der Waals surface area contributed by atoms with Gasteiger partial charge in [0.15, 0.2) is 11.5 Å². The molecule has 0 radical (unpaired) electrons. The molecule has 5 nitrogen and oxygen atoms in total. The first-order valence-electron chi connectivity index (χ1n) is 8.38. The third-order valence-corrected chi connectivity index (χ3v) is 3.71. The Kier molecular flexibility index (Phi) is 9.14. The molecule has 1 N–H and O–H groups in total. The highest BCUT2D eigenvalue weighted by Crippen LogP contribution is 2.26. The van der Waals surface area contributed by atoms with E-state index in [0.717, 1.165) is 45.3 Å². The molecule has 0 atom stereocenters. The van der Waals surface area contributed by atoms with Gasteiger partial charge in [0, 0.05) is 6.54 Å². The van der Waals surface area contributed by atoms with Crippen LogP contribution in [0.3, 0.4) is 0 Å². The van der Waals surface area contributed by atoms with Crippen LogP contribution in [-0.2, 0) is 4.74 Å². The molecule has 0 aliphatic rings. The Bertz CT molecular complexity index is 468. The maximum atomic E-state index is 12.1. The normalized spacial score (nSPS) is 10.8. The smallest absolute Gasteiger partial charge is 0.338 e. The Morgan fingerprint density at radius 2 is 1.78 bits per heavy atom. The predicted molar refractivity (Wildman–Crippen MR) is 91.2 cm³/mol. The van der Waals surface area contributed by atoms with Gasteiger partial charge in [-0.05, 0) is 44.1 Å². The van der Waals surface area contributed by atoms with Gasteiger partial charge in [0.25, 0.3) is 0 Å². The number of aromatic hydroxyl groups is 1. The zero-order valence-corrected chi connectivity index (χ0v) is 14.5. The van der Waals surface area contributed by atoms with Crippen molar-refractivity contribution in [1.29, 1.82) is 0 Å². The fraction of sp³-hybridized carbons (Fsp3) is 0.611. The Morgan fingerprint density at radius 1 is 1.13 bits per heavy atom. The van der Waals surface area contributed by atoms with Crippen LogP contribution < -0.4 is 4.74 Å². The maximum absolute atomic E-state index is 12.1. The van der Waals surface area contributed by atoms with Gasteiger partial charge in [-0.2, -0.15) is 0 Å². The molecular weight excluding hydrogens is 294 g/mol. The lowest BCUT2D eigenvalue weighted by molar-refractivity contribution is 0.0460. The molecule has 1 aromatic rings. The summed E-state index contributed by atoms with van der Waals surface area (Å²) in [5.41, 5.74) is 0.383. The van der Waals surface area contributed by atoms with E-state index < -0.39 is 5.97 Å². The molecule has 130 valence electrons. The zero-order chi connectivity index (χ0) is 17.1. The van der Waals surface area contributed by atoms with E-state index in [4.69, 9.17) is 9.47 Å². The van der Waals surface area contributed by atoms with Crippen LogP contribution in [-0.4, -0.2) is 49.3 Å². The molecule has 0 aliphatic heterocycles. The van der Waals surface area contributed by atoms with Gasteiger partial charge in [-0.15, -0.1) is 0 Å². The monoisotopic (exact) mass is 323 g/mol. The van der Waals surface area contributed by atoms with Gasteiger partial charge >= 0.3 is 5.97 Å². The van der Waals surface area contributed by atoms with Crippen molar-refractivity contribution in [3.05, 3.63) is 23.8 Å². The molecule has 0 saturated carbocycles. The van der Waals surface area contributed by atoms with Crippen molar-refractivity contribution in [3.8, 4) is 11.5 Å². The van der Waals surface area contributed by atoms with Crippen molar-refractivity contribution in [1.82, 2.24) is 4.90 Å². The number of carbonyl (C=O) groups is 1. The summed E-state index contributed by atoms with van der Waals surface area (Å²) in [6, 6.07) is 4.46. The summed E-state index contributed by atoms with van der Waals surface area (Å²) >= 11 is 0. The van der Waals surface area contributed by atoms with Crippen LogP contribution >= 0.6 is 0 Å². The van der Waals surface area contributed by atoms with Crippen molar-refractivity contribution in [2.75, 3.05) is 33.4 Å². The van der Waals surface area contributed by atoms with E-state index in [2.05, 4.69) is 18.7 Å². The van der Waals surface area contributed by atoms with Gasteiger partial charge in [0.2, 0.25) is 0 Å². The Balaban J connectivity index is 2.47. The average molecular weight is 323 g/mol. The topological polar surface area (TPSA) is 59.0 Å². The summed E-state index contributed by atoms with van der Waals surface area (Å²) in [4.78, 5) is 14.4. The Hall–Kier alpha value is -1.75. The minimum Gasteiger partial charge on any atom is -0.504 e. The number of benzene rings is 1. The number of nitrogens with zero attached hydrogens (tertiary/aromatic N) is 1. The second-order valence-corrected chi connectivity index (χ2v) is 5.57. The van der Waals surface area contributed by atoms with Crippen LogP contribution in [0.2, 0.25) is 0 Å². The van der Waals surface area contributed by atoms with Crippen molar-refractivity contribution >= 4 is 5.97 Å². The quantitative estimate of drug-likeness (QED) is 0.632. The van der Waals surface area contributed by atoms with Gasteiger partial charge in [-0.3, -0.25) is 4.90 Å². The molecule has 0 saturated heterocycles. The molecule has 5 heteroatoms. The molecular formula is C18H29NO4. The fourth-order valence-electron chi connectivity index (χ4n) is 2.25. The van der Waals surface area contributed by atoms with Crippen molar-refractivity contribution < 1.29 is 19.4 Å². The SMILES string of the molecule is CCCCN(CCCC)CCOC(=O)c1ccc(O)c(OC)c1. The van der Waals surface area contributed by atoms with Crippen LogP contribution in [0.4, 0.5) is 0 Å². The van der Waals surface area contributed by atoms with Crippen LogP contribution in [0.1, 0.15) is 49.9 Å². The lowest BCUT2D eigenvalue weighted by Crippen LogP contribution is -2.30. The van der Waals surface area contributed by atoms with E-state index in [9.17, 15) is 9.90 Å². The van der Waals surface area contributed by atoms with Crippen molar-refractivity contribution in [2.45, 2.75) is 39.5 Å². The number of unbranched alkanes of at least 4 members (excludes halogenated alkanes) is 2. The van der Waals surface area contributed by atoms with E-state index in [-0.39, 0.29) is 11.5 Å². The third-order valence-electron chi connectivity index (χ3n) is 3.71. The fourth-order valence-corrected chi connectivity index (χ4v) is 2.25. The van der Waals surface area contributed by atoms with E-state index in [0.29, 0.717) is 12.2 Å². The van der Waals surface area contributed by atoms with Crippen LogP contribution in [0.15, 0.2) is 18.2 Å². The van der Waals surface area contributed by atoms with Crippen LogP contribution in [0.25, 0.3) is 0 Å².